The molecule has 23 heavy (non-hydrogen) atoms. The fraction of sp³-hybridized carbons (Fsp3) is 0.471. The molecule has 0 aliphatic heterocycles. The van der Waals surface area contributed by atoms with E-state index in [2.05, 4.69) is 30.3 Å². The van der Waals surface area contributed by atoms with Crippen molar-refractivity contribution in [2.24, 2.45) is 5.92 Å². The molecular formula is C17H23N3O2S. The van der Waals surface area contributed by atoms with Crippen molar-refractivity contribution in [1.29, 1.82) is 0 Å². The predicted molar refractivity (Wildman–Crippen MR) is 93.9 cm³/mol. The van der Waals surface area contributed by atoms with Gasteiger partial charge in [-0.3, -0.25) is 10.1 Å². The molecule has 0 aliphatic carbocycles. The van der Waals surface area contributed by atoms with E-state index in [0.717, 1.165) is 28.5 Å². The molecule has 2 aromatic rings. The zero-order chi connectivity index (χ0) is 17.1. The van der Waals surface area contributed by atoms with E-state index in [0.29, 0.717) is 11.7 Å². The average Bonchev–Trinajstić information content (AvgIpc) is 2.73. The summed E-state index contributed by atoms with van der Waals surface area (Å²) < 4.78 is 2.25. The number of nitro benzene ring substituents is 1. The van der Waals surface area contributed by atoms with E-state index in [1.165, 1.54) is 5.69 Å². The minimum absolute atomic E-state index is 0.181. The van der Waals surface area contributed by atoms with Gasteiger partial charge in [0.1, 0.15) is 0 Å². The Morgan fingerprint density at radius 2 is 2.00 bits per heavy atom. The summed E-state index contributed by atoms with van der Waals surface area (Å²) in [5.74, 6) is 1.22. The number of aromatic nitrogens is 2. The van der Waals surface area contributed by atoms with Gasteiger partial charge in [-0.15, -0.1) is 0 Å². The van der Waals surface area contributed by atoms with E-state index in [4.69, 9.17) is 0 Å². The standard InChI is InChI=1S/C17H23N3O2S/c1-11(2)9-19-14(5)13(4)18-17(19)23-10-15-7-6-8-16(12(15)3)20(21)22/h6-8,11H,9-10H2,1-5H3. The Morgan fingerprint density at radius 3 is 2.61 bits per heavy atom. The molecule has 5 nitrogen and oxygen atoms in total. The molecule has 0 amide bonds. The van der Waals surface area contributed by atoms with Gasteiger partial charge in [-0.25, -0.2) is 4.98 Å². The lowest BCUT2D eigenvalue weighted by Crippen LogP contribution is -2.07. The van der Waals surface area contributed by atoms with Gasteiger partial charge in [-0.1, -0.05) is 37.7 Å². The molecule has 6 heteroatoms. The molecule has 0 radical (unpaired) electrons. The van der Waals surface area contributed by atoms with Crippen LogP contribution in [0.5, 0.6) is 0 Å². The fourth-order valence-corrected chi connectivity index (χ4v) is 3.65. The van der Waals surface area contributed by atoms with Gasteiger partial charge in [0.15, 0.2) is 5.16 Å². The zero-order valence-electron chi connectivity index (χ0n) is 14.3. The van der Waals surface area contributed by atoms with Crippen molar-refractivity contribution in [2.45, 2.75) is 52.1 Å². The number of benzene rings is 1. The van der Waals surface area contributed by atoms with Crippen LogP contribution in [0.25, 0.3) is 0 Å². The fourth-order valence-electron chi connectivity index (χ4n) is 2.48. The largest absolute Gasteiger partial charge is 0.323 e. The van der Waals surface area contributed by atoms with Crippen molar-refractivity contribution in [3.05, 3.63) is 50.8 Å². The topological polar surface area (TPSA) is 61.0 Å². The summed E-state index contributed by atoms with van der Waals surface area (Å²) in [6.45, 7) is 11.2. The van der Waals surface area contributed by atoms with Crippen molar-refractivity contribution in [2.75, 3.05) is 0 Å². The minimum atomic E-state index is -0.322. The quantitative estimate of drug-likeness (QED) is 0.438. The highest BCUT2D eigenvalue weighted by Crippen LogP contribution is 2.29. The van der Waals surface area contributed by atoms with Crippen molar-refractivity contribution in [1.82, 2.24) is 9.55 Å². The molecule has 0 atom stereocenters. The van der Waals surface area contributed by atoms with E-state index >= 15 is 0 Å². The highest BCUT2D eigenvalue weighted by Gasteiger charge is 2.16. The molecule has 2 rings (SSSR count). The number of nitro groups is 1. The summed E-state index contributed by atoms with van der Waals surface area (Å²) in [5, 5.41) is 12.0. The van der Waals surface area contributed by atoms with Gasteiger partial charge in [0.2, 0.25) is 0 Å². The second kappa shape index (κ2) is 7.17. The maximum absolute atomic E-state index is 11.1. The normalized spacial score (nSPS) is 11.2. The highest BCUT2D eigenvalue weighted by molar-refractivity contribution is 7.98. The van der Waals surface area contributed by atoms with Gasteiger partial charge in [0, 0.05) is 29.6 Å². The van der Waals surface area contributed by atoms with Crippen LogP contribution in [-0.2, 0) is 12.3 Å². The number of hydrogen-bond acceptors (Lipinski definition) is 4. The van der Waals surface area contributed by atoms with Crippen molar-refractivity contribution >= 4 is 17.4 Å². The first-order valence-corrected chi connectivity index (χ1v) is 8.69. The third-order valence-electron chi connectivity index (χ3n) is 3.94. The summed E-state index contributed by atoms with van der Waals surface area (Å²) in [6.07, 6.45) is 0. The lowest BCUT2D eigenvalue weighted by atomic mass is 10.1. The van der Waals surface area contributed by atoms with Crippen LogP contribution in [0.3, 0.4) is 0 Å². The van der Waals surface area contributed by atoms with E-state index in [1.54, 1.807) is 23.9 Å². The third-order valence-corrected chi connectivity index (χ3v) is 4.97. The number of rotatable bonds is 6. The van der Waals surface area contributed by atoms with E-state index in [9.17, 15) is 10.1 Å². The van der Waals surface area contributed by atoms with Crippen LogP contribution in [0, 0.1) is 36.8 Å². The van der Waals surface area contributed by atoms with Crippen molar-refractivity contribution in [3.8, 4) is 0 Å². The number of nitrogens with zero attached hydrogens (tertiary/aromatic N) is 3. The molecule has 0 spiro atoms. The maximum atomic E-state index is 11.1. The SMILES string of the molecule is Cc1nc(SCc2cccc([N+](=O)[O-])c2C)n(CC(C)C)c1C. The molecule has 1 aromatic heterocycles. The van der Waals surface area contributed by atoms with Crippen LogP contribution in [0.1, 0.15) is 36.4 Å². The Hall–Kier alpha value is -1.82. The van der Waals surface area contributed by atoms with Crippen molar-refractivity contribution < 1.29 is 4.92 Å². The molecule has 1 aromatic carbocycles. The lowest BCUT2D eigenvalue weighted by Gasteiger charge is -2.12. The van der Waals surface area contributed by atoms with E-state index in [-0.39, 0.29) is 10.6 Å². The molecule has 0 saturated carbocycles. The lowest BCUT2D eigenvalue weighted by molar-refractivity contribution is -0.385. The molecule has 124 valence electrons. The summed E-state index contributed by atoms with van der Waals surface area (Å²) in [5.41, 5.74) is 4.14. The highest BCUT2D eigenvalue weighted by atomic mass is 32.2. The first-order valence-electron chi connectivity index (χ1n) is 7.70. The molecule has 0 unspecified atom stereocenters. The molecule has 0 saturated heterocycles. The van der Waals surface area contributed by atoms with Gasteiger partial charge in [0.25, 0.3) is 5.69 Å². The second-order valence-electron chi connectivity index (χ2n) is 6.18. The zero-order valence-corrected chi connectivity index (χ0v) is 15.1. The molecule has 0 aliphatic rings. The van der Waals surface area contributed by atoms with Crippen LogP contribution in [0.15, 0.2) is 23.4 Å². The van der Waals surface area contributed by atoms with Gasteiger partial charge < -0.3 is 4.57 Å². The van der Waals surface area contributed by atoms with Crippen molar-refractivity contribution in [3.63, 3.8) is 0 Å². The Balaban J connectivity index is 2.23. The summed E-state index contributed by atoms with van der Waals surface area (Å²) in [6, 6.07) is 5.25. The van der Waals surface area contributed by atoms with Gasteiger partial charge in [0.05, 0.1) is 10.6 Å². The Kier molecular flexibility index (Phi) is 5.46. The maximum Gasteiger partial charge on any atom is 0.272 e. The summed E-state index contributed by atoms with van der Waals surface area (Å²) in [4.78, 5) is 15.4. The number of aryl methyl sites for hydroxylation is 1. The first kappa shape index (κ1) is 17.5. The van der Waals surface area contributed by atoms with E-state index in [1.807, 2.05) is 19.9 Å². The monoisotopic (exact) mass is 333 g/mol. The molecule has 1 heterocycles. The molecule has 0 N–H and O–H groups in total. The van der Waals surface area contributed by atoms with E-state index < -0.39 is 0 Å². The first-order chi connectivity index (χ1) is 10.8. The molecular weight excluding hydrogens is 310 g/mol. The van der Waals surface area contributed by atoms with Crippen LogP contribution in [0.2, 0.25) is 0 Å². The Bertz CT molecular complexity index is 723. The molecule has 0 fully saturated rings. The Labute approximate surface area is 141 Å². The van der Waals surface area contributed by atoms with Gasteiger partial charge >= 0.3 is 0 Å². The number of thioether (sulfide) groups is 1. The molecule has 0 bridgehead atoms. The smallest absolute Gasteiger partial charge is 0.272 e. The number of hydrogen-bond donors (Lipinski definition) is 0. The van der Waals surface area contributed by atoms with Crippen LogP contribution >= 0.6 is 11.8 Å². The van der Waals surface area contributed by atoms with Crippen LogP contribution in [-0.4, -0.2) is 14.5 Å². The average molecular weight is 333 g/mol. The third kappa shape index (κ3) is 3.93. The number of imidazole rings is 1. The summed E-state index contributed by atoms with van der Waals surface area (Å²) in [7, 11) is 0. The second-order valence-corrected chi connectivity index (χ2v) is 7.12. The minimum Gasteiger partial charge on any atom is -0.323 e. The summed E-state index contributed by atoms with van der Waals surface area (Å²) >= 11 is 1.64. The predicted octanol–water partition coefficient (Wildman–Crippen LogP) is 4.66. The van der Waals surface area contributed by atoms with Crippen LogP contribution in [0.4, 0.5) is 5.69 Å². The Morgan fingerprint density at radius 1 is 1.30 bits per heavy atom. The van der Waals surface area contributed by atoms with Gasteiger partial charge in [-0.2, -0.15) is 0 Å². The van der Waals surface area contributed by atoms with Crippen LogP contribution < -0.4 is 0 Å². The van der Waals surface area contributed by atoms with Gasteiger partial charge in [-0.05, 0) is 32.3 Å².